The van der Waals surface area contributed by atoms with Crippen LogP contribution in [-0.2, 0) is 9.59 Å². The number of hydrogen-bond acceptors (Lipinski definition) is 3. The van der Waals surface area contributed by atoms with Crippen LogP contribution in [-0.4, -0.2) is 25.1 Å². The molecule has 108 valence electrons. The smallest absolute Gasteiger partial charge is 0.240 e. The van der Waals surface area contributed by atoms with Gasteiger partial charge in [0.15, 0.2) is 0 Å². The molecule has 1 rings (SSSR count). The van der Waals surface area contributed by atoms with Gasteiger partial charge in [0.1, 0.15) is 0 Å². The van der Waals surface area contributed by atoms with E-state index in [0.29, 0.717) is 25.7 Å². The number of hydrazone groups is 1. The van der Waals surface area contributed by atoms with Crippen molar-refractivity contribution in [3.63, 3.8) is 0 Å². The topological polar surface area (TPSA) is 70.6 Å². The van der Waals surface area contributed by atoms with Gasteiger partial charge in [-0.15, -0.1) is 0 Å². The van der Waals surface area contributed by atoms with Crippen molar-refractivity contribution in [3.05, 3.63) is 34.3 Å². The van der Waals surface area contributed by atoms with Gasteiger partial charge in [-0.3, -0.25) is 9.59 Å². The van der Waals surface area contributed by atoms with Crippen LogP contribution in [0, 0.1) is 0 Å². The van der Waals surface area contributed by atoms with E-state index in [4.69, 9.17) is 0 Å². The van der Waals surface area contributed by atoms with Crippen molar-refractivity contribution < 1.29 is 9.59 Å². The lowest BCUT2D eigenvalue weighted by atomic mass is 10.2. The Morgan fingerprint density at radius 1 is 1.25 bits per heavy atom. The Labute approximate surface area is 127 Å². The summed E-state index contributed by atoms with van der Waals surface area (Å²) in [5.41, 5.74) is 3.37. The Morgan fingerprint density at radius 2 is 1.95 bits per heavy atom. The first-order valence-electron chi connectivity index (χ1n) is 6.40. The summed E-state index contributed by atoms with van der Waals surface area (Å²) in [6.45, 7) is 0. The fourth-order valence-electron chi connectivity index (χ4n) is 1.52. The van der Waals surface area contributed by atoms with Crippen molar-refractivity contribution in [3.8, 4) is 0 Å². The lowest BCUT2D eigenvalue weighted by Gasteiger charge is -2.00. The van der Waals surface area contributed by atoms with Gasteiger partial charge in [-0.05, 0) is 30.5 Å². The van der Waals surface area contributed by atoms with Crippen molar-refractivity contribution >= 4 is 34.0 Å². The molecule has 0 unspecified atom stereocenters. The third-order valence-electron chi connectivity index (χ3n) is 2.59. The van der Waals surface area contributed by atoms with Crippen LogP contribution in [0.15, 0.2) is 33.8 Å². The molecule has 0 saturated heterocycles. The van der Waals surface area contributed by atoms with Crippen molar-refractivity contribution in [1.29, 1.82) is 0 Å². The van der Waals surface area contributed by atoms with Crippen LogP contribution in [0.2, 0.25) is 0 Å². The number of carbonyl (C=O) groups is 2. The molecule has 0 atom stereocenters. The molecule has 0 aliphatic rings. The first-order valence-corrected chi connectivity index (χ1v) is 7.19. The van der Waals surface area contributed by atoms with Crippen molar-refractivity contribution in [1.82, 2.24) is 10.7 Å². The number of halogens is 1. The molecule has 6 heteroatoms. The summed E-state index contributed by atoms with van der Waals surface area (Å²) < 4.78 is 0.960. The lowest BCUT2D eigenvalue weighted by molar-refractivity contribution is -0.122. The number of hydrogen-bond donors (Lipinski definition) is 2. The third-order valence-corrected chi connectivity index (χ3v) is 3.08. The molecular weight excluding hydrogens is 322 g/mol. The minimum Gasteiger partial charge on any atom is -0.359 e. The molecule has 0 radical (unpaired) electrons. The highest BCUT2D eigenvalue weighted by Crippen LogP contribution is 2.09. The summed E-state index contributed by atoms with van der Waals surface area (Å²) in [5.74, 6) is -0.147. The molecule has 2 amide bonds. The minimum atomic E-state index is -0.145. The zero-order chi connectivity index (χ0) is 14.8. The molecule has 0 fully saturated rings. The monoisotopic (exact) mass is 339 g/mol. The standard InChI is InChI=1S/C14H18BrN3O2/c1-16-13(19)7-2-3-8-14(20)18-17-10-11-5-4-6-12(15)9-11/h4-6,9-10H,2-3,7-8H2,1H3,(H,16,19)(H,18,20). The number of amides is 2. The molecule has 0 aliphatic carbocycles. The highest BCUT2D eigenvalue weighted by Gasteiger charge is 2.01. The van der Waals surface area contributed by atoms with E-state index in [9.17, 15) is 9.59 Å². The van der Waals surface area contributed by atoms with E-state index in [1.165, 1.54) is 0 Å². The lowest BCUT2D eigenvalue weighted by Crippen LogP contribution is -2.19. The van der Waals surface area contributed by atoms with E-state index in [1.807, 2.05) is 24.3 Å². The summed E-state index contributed by atoms with van der Waals surface area (Å²) >= 11 is 3.36. The van der Waals surface area contributed by atoms with Gasteiger partial charge in [0.05, 0.1) is 6.21 Å². The molecule has 0 heterocycles. The summed E-state index contributed by atoms with van der Waals surface area (Å²) in [7, 11) is 1.60. The molecule has 1 aromatic carbocycles. The maximum Gasteiger partial charge on any atom is 0.240 e. The van der Waals surface area contributed by atoms with Crippen molar-refractivity contribution in [2.75, 3.05) is 7.05 Å². The zero-order valence-electron chi connectivity index (χ0n) is 11.4. The molecule has 20 heavy (non-hydrogen) atoms. The molecule has 5 nitrogen and oxygen atoms in total. The average Bonchev–Trinajstić information content (AvgIpc) is 2.43. The number of nitrogens with one attached hydrogen (secondary N) is 2. The van der Waals surface area contributed by atoms with E-state index in [0.717, 1.165) is 10.0 Å². The Hall–Kier alpha value is -1.69. The SMILES string of the molecule is CNC(=O)CCCCC(=O)NN=Cc1cccc(Br)c1. The van der Waals surface area contributed by atoms with Crippen LogP contribution in [0.5, 0.6) is 0 Å². The number of rotatable bonds is 7. The van der Waals surface area contributed by atoms with Gasteiger partial charge in [0, 0.05) is 24.4 Å². The number of nitrogens with zero attached hydrogens (tertiary/aromatic N) is 1. The quantitative estimate of drug-likeness (QED) is 0.454. The Balaban J connectivity index is 2.21. The Bertz CT molecular complexity index is 489. The van der Waals surface area contributed by atoms with Gasteiger partial charge in [0.2, 0.25) is 11.8 Å². The van der Waals surface area contributed by atoms with Gasteiger partial charge in [0.25, 0.3) is 0 Å². The Morgan fingerprint density at radius 3 is 2.60 bits per heavy atom. The summed E-state index contributed by atoms with van der Waals surface area (Å²) in [6.07, 6.45) is 3.78. The van der Waals surface area contributed by atoms with E-state index < -0.39 is 0 Å². The van der Waals surface area contributed by atoms with E-state index >= 15 is 0 Å². The normalized spacial score (nSPS) is 10.5. The van der Waals surface area contributed by atoms with Crippen molar-refractivity contribution in [2.24, 2.45) is 5.10 Å². The van der Waals surface area contributed by atoms with Crippen LogP contribution in [0.1, 0.15) is 31.2 Å². The third kappa shape index (κ3) is 7.04. The highest BCUT2D eigenvalue weighted by atomic mass is 79.9. The predicted molar refractivity (Wildman–Crippen MR) is 82.4 cm³/mol. The van der Waals surface area contributed by atoms with E-state index in [2.05, 4.69) is 31.8 Å². The van der Waals surface area contributed by atoms with Gasteiger partial charge >= 0.3 is 0 Å². The van der Waals surface area contributed by atoms with Gasteiger partial charge in [-0.1, -0.05) is 28.1 Å². The van der Waals surface area contributed by atoms with E-state index in [1.54, 1.807) is 13.3 Å². The fourth-order valence-corrected chi connectivity index (χ4v) is 1.93. The largest absolute Gasteiger partial charge is 0.359 e. The van der Waals surface area contributed by atoms with Crippen LogP contribution in [0.3, 0.4) is 0 Å². The van der Waals surface area contributed by atoms with E-state index in [-0.39, 0.29) is 11.8 Å². The van der Waals surface area contributed by atoms with Crippen LogP contribution in [0.25, 0.3) is 0 Å². The summed E-state index contributed by atoms with van der Waals surface area (Å²) in [4.78, 5) is 22.5. The highest BCUT2D eigenvalue weighted by molar-refractivity contribution is 9.10. The van der Waals surface area contributed by atoms with Crippen LogP contribution in [0.4, 0.5) is 0 Å². The molecule has 0 aliphatic heterocycles. The second kappa shape index (κ2) is 9.25. The fraction of sp³-hybridized carbons (Fsp3) is 0.357. The molecule has 0 spiro atoms. The van der Waals surface area contributed by atoms with Gasteiger partial charge in [-0.25, -0.2) is 5.43 Å². The summed E-state index contributed by atoms with van der Waals surface area (Å²) in [5, 5.41) is 6.43. The van der Waals surface area contributed by atoms with Crippen LogP contribution >= 0.6 is 15.9 Å². The minimum absolute atomic E-state index is 0.00177. The summed E-state index contributed by atoms with van der Waals surface area (Å²) in [6, 6.07) is 7.61. The molecule has 2 N–H and O–H groups in total. The van der Waals surface area contributed by atoms with Crippen molar-refractivity contribution in [2.45, 2.75) is 25.7 Å². The molecule has 0 bridgehead atoms. The zero-order valence-corrected chi connectivity index (χ0v) is 12.9. The number of unbranched alkanes of at least 4 members (excludes halogenated alkanes) is 1. The molecule has 0 saturated carbocycles. The first kappa shape index (κ1) is 16.4. The number of benzene rings is 1. The average molecular weight is 340 g/mol. The molecule has 0 aromatic heterocycles. The predicted octanol–water partition coefficient (Wildman–Crippen LogP) is 2.21. The molecular formula is C14H18BrN3O2. The second-order valence-electron chi connectivity index (χ2n) is 4.23. The number of carbonyl (C=O) groups excluding carboxylic acids is 2. The Kier molecular flexibility index (Phi) is 7.57. The first-order chi connectivity index (χ1) is 9.61. The van der Waals surface area contributed by atoms with Crippen LogP contribution < -0.4 is 10.7 Å². The van der Waals surface area contributed by atoms with Gasteiger partial charge < -0.3 is 5.32 Å². The maximum atomic E-state index is 11.5. The molecule has 1 aromatic rings. The van der Waals surface area contributed by atoms with Gasteiger partial charge in [-0.2, -0.15) is 5.10 Å². The maximum absolute atomic E-state index is 11.5. The second-order valence-corrected chi connectivity index (χ2v) is 5.14.